The lowest BCUT2D eigenvalue weighted by atomic mass is 10.2. The lowest BCUT2D eigenvalue weighted by Crippen LogP contribution is -2.44. The summed E-state index contributed by atoms with van der Waals surface area (Å²) in [6, 6.07) is 5.56. The summed E-state index contributed by atoms with van der Waals surface area (Å²) in [6.07, 6.45) is 3.83. The van der Waals surface area contributed by atoms with E-state index >= 15 is 0 Å². The molecule has 7 heteroatoms. The number of likely N-dealkylation sites (tertiary alicyclic amines) is 1. The molecule has 1 aromatic rings. The molecule has 0 aliphatic carbocycles. The fourth-order valence-electron chi connectivity index (χ4n) is 2.45. The Balaban J connectivity index is 1.87. The third-order valence-corrected chi connectivity index (χ3v) is 3.68. The summed E-state index contributed by atoms with van der Waals surface area (Å²) in [7, 11) is 1.54. The summed E-state index contributed by atoms with van der Waals surface area (Å²) in [6.45, 7) is 2.82. The van der Waals surface area contributed by atoms with Gasteiger partial charge < -0.3 is 14.5 Å². The van der Waals surface area contributed by atoms with Gasteiger partial charge in [-0.25, -0.2) is 0 Å². The fourth-order valence-corrected chi connectivity index (χ4v) is 2.45. The van der Waals surface area contributed by atoms with E-state index in [0.717, 1.165) is 0 Å². The molecule has 1 unspecified atom stereocenters. The highest BCUT2D eigenvalue weighted by Crippen LogP contribution is 2.18. The highest BCUT2D eigenvalue weighted by atomic mass is 16.5. The molecule has 1 saturated heterocycles. The van der Waals surface area contributed by atoms with Crippen LogP contribution >= 0.6 is 0 Å². The molecule has 122 valence electrons. The van der Waals surface area contributed by atoms with Gasteiger partial charge in [0, 0.05) is 39.0 Å². The van der Waals surface area contributed by atoms with Crippen LogP contribution in [0.2, 0.25) is 0 Å². The predicted molar refractivity (Wildman–Crippen MR) is 82.3 cm³/mol. The number of amides is 2. The van der Waals surface area contributed by atoms with E-state index in [4.69, 9.17) is 10.00 Å². The van der Waals surface area contributed by atoms with Crippen molar-refractivity contribution in [1.29, 1.82) is 5.26 Å². The maximum absolute atomic E-state index is 12.2. The largest absolute Gasteiger partial charge is 0.488 e. The van der Waals surface area contributed by atoms with E-state index in [1.807, 2.05) is 6.07 Å². The standard InChI is InChI=1S/C16H20N4O3/c1-12(9-17)10-19(2)15(21)16(22)20-8-5-14(11-20)23-13-3-6-18-7-4-13/h3-4,6-7,12,14H,5,8,10-11H2,1-2H3/t12?,14-/m1/s1. The van der Waals surface area contributed by atoms with Gasteiger partial charge in [-0.2, -0.15) is 5.26 Å². The van der Waals surface area contributed by atoms with E-state index in [-0.39, 0.29) is 18.6 Å². The Morgan fingerprint density at radius 3 is 2.87 bits per heavy atom. The molecule has 1 aromatic heterocycles. The number of carbonyl (C=O) groups excluding carboxylic acids is 2. The highest BCUT2D eigenvalue weighted by molar-refractivity contribution is 6.34. The topological polar surface area (TPSA) is 86.5 Å². The van der Waals surface area contributed by atoms with Crippen LogP contribution in [0.3, 0.4) is 0 Å². The molecule has 0 aromatic carbocycles. The van der Waals surface area contributed by atoms with E-state index in [9.17, 15) is 9.59 Å². The van der Waals surface area contributed by atoms with Crippen molar-refractivity contribution in [2.75, 3.05) is 26.7 Å². The van der Waals surface area contributed by atoms with Crippen molar-refractivity contribution < 1.29 is 14.3 Å². The predicted octanol–water partition coefficient (Wildman–Crippen LogP) is 0.679. The third kappa shape index (κ3) is 4.42. The zero-order valence-electron chi connectivity index (χ0n) is 13.3. The summed E-state index contributed by atoms with van der Waals surface area (Å²) >= 11 is 0. The Hall–Kier alpha value is -2.62. The molecule has 0 radical (unpaired) electrons. The average Bonchev–Trinajstić information content (AvgIpc) is 3.02. The minimum atomic E-state index is -0.586. The summed E-state index contributed by atoms with van der Waals surface area (Å²) < 4.78 is 5.78. The van der Waals surface area contributed by atoms with Crippen LogP contribution in [0.5, 0.6) is 5.75 Å². The lowest BCUT2D eigenvalue weighted by Gasteiger charge is -2.22. The second-order valence-electron chi connectivity index (χ2n) is 5.68. The van der Waals surface area contributed by atoms with Gasteiger partial charge in [-0.15, -0.1) is 0 Å². The first kappa shape index (κ1) is 16.7. The van der Waals surface area contributed by atoms with Crippen LogP contribution in [0.25, 0.3) is 0 Å². The van der Waals surface area contributed by atoms with Gasteiger partial charge in [0.15, 0.2) is 0 Å². The quantitative estimate of drug-likeness (QED) is 0.762. The van der Waals surface area contributed by atoms with Crippen LogP contribution < -0.4 is 4.74 Å². The van der Waals surface area contributed by atoms with Gasteiger partial charge in [-0.3, -0.25) is 14.6 Å². The Kier molecular flexibility index (Phi) is 5.52. The highest BCUT2D eigenvalue weighted by Gasteiger charge is 2.32. The maximum atomic E-state index is 12.2. The molecule has 0 N–H and O–H groups in total. The minimum absolute atomic E-state index is 0.127. The van der Waals surface area contributed by atoms with Crippen molar-refractivity contribution in [3.63, 3.8) is 0 Å². The molecule has 0 spiro atoms. The molecule has 7 nitrogen and oxygen atoms in total. The average molecular weight is 316 g/mol. The monoisotopic (exact) mass is 316 g/mol. The Morgan fingerprint density at radius 2 is 2.22 bits per heavy atom. The van der Waals surface area contributed by atoms with E-state index in [1.165, 1.54) is 16.8 Å². The van der Waals surface area contributed by atoms with Crippen molar-refractivity contribution in [3.8, 4) is 11.8 Å². The van der Waals surface area contributed by atoms with Gasteiger partial charge >= 0.3 is 11.8 Å². The van der Waals surface area contributed by atoms with E-state index in [2.05, 4.69) is 4.98 Å². The molecular formula is C16H20N4O3. The number of nitriles is 1. The van der Waals surface area contributed by atoms with Crippen molar-refractivity contribution in [2.45, 2.75) is 19.4 Å². The summed E-state index contributed by atoms with van der Waals surface area (Å²) in [5, 5.41) is 8.79. The van der Waals surface area contributed by atoms with Crippen LogP contribution in [0.4, 0.5) is 0 Å². The maximum Gasteiger partial charge on any atom is 0.312 e. The normalized spacial score (nSPS) is 18.1. The smallest absolute Gasteiger partial charge is 0.312 e. The number of nitrogens with zero attached hydrogens (tertiary/aromatic N) is 4. The number of ether oxygens (including phenoxy) is 1. The van der Waals surface area contributed by atoms with Crippen LogP contribution in [0.15, 0.2) is 24.5 Å². The molecule has 1 fully saturated rings. The molecule has 1 aliphatic heterocycles. The van der Waals surface area contributed by atoms with Crippen LogP contribution in [-0.4, -0.2) is 59.4 Å². The Bertz CT molecular complexity index is 599. The third-order valence-electron chi connectivity index (χ3n) is 3.68. The molecule has 23 heavy (non-hydrogen) atoms. The number of carbonyl (C=O) groups is 2. The molecule has 2 amide bonds. The van der Waals surface area contributed by atoms with Crippen LogP contribution in [0.1, 0.15) is 13.3 Å². The van der Waals surface area contributed by atoms with E-state index < -0.39 is 11.8 Å². The number of hydrogen-bond acceptors (Lipinski definition) is 5. The number of hydrogen-bond donors (Lipinski definition) is 0. The van der Waals surface area contributed by atoms with Crippen molar-refractivity contribution in [2.24, 2.45) is 5.92 Å². The van der Waals surface area contributed by atoms with Gasteiger partial charge in [0.2, 0.25) is 0 Å². The summed E-state index contributed by atoms with van der Waals surface area (Å²) in [5.41, 5.74) is 0. The van der Waals surface area contributed by atoms with Gasteiger partial charge in [0.05, 0.1) is 18.5 Å². The van der Waals surface area contributed by atoms with E-state index in [0.29, 0.717) is 25.3 Å². The molecule has 0 saturated carbocycles. The van der Waals surface area contributed by atoms with Gasteiger partial charge in [0.1, 0.15) is 11.9 Å². The number of likely N-dealkylation sites (N-methyl/N-ethyl adjacent to an activating group) is 1. The fraction of sp³-hybridized carbons (Fsp3) is 0.500. The zero-order chi connectivity index (χ0) is 16.8. The molecule has 2 atom stereocenters. The Morgan fingerprint density at radius 1 is 1.52 bits per heavy atom. The first-order chi connectivity index (χ1) is 11.0. The minimum Gasteiger partial charge on any atom is -0.488 e. The second-order valence-corrected chi connectivity index (χ2v) is 5.68. The van der Waals surface area contributed by atoms with Crippen molar-refractivity contribution in [1.82, 2.24) is 14.8 Å². The first-order valence-electron chi connectivity index (χ1n) is 7.52. The van der Waals surface area contributed by atoms with E-state index in [1.54, 1.807) is 31.5 Å². The lowest BCUT2D eigenvalue weighted by molar-refractivity contribution is -0.150. The Labute approximate surface area is 135 Å². The van der Waals surface area contributed by atoms with Gasteiger partial charge in [-0.05, 0) is 19.1 Å². The van der Waals surface area contributed by atoms with Gasteiger partial charge in [0.25, 0.3) is 0 Å². The molecular weight excluding hydrogens is 296 g/mol. The SMILES string of the molecule is CC(C#N)CN(C)C(=O)C(=O)N1CC[C@@H](Oc2ccncc2)C1. The zero-order valence-corrected chi connectivity index (χ0v) is 13.3. The van der Waals surface area contributed by atoms with Crippen molar-refractivity contribution in [3.05, 3.63) is 24.5 Å². The second kappa shape index (κ2) is 7.58. The number of aromatic nitrogens is 1. The molecule has 2 rings (SSSR count). The summed E-state index contributed by atoms with van der Waals surface area (Å²) in [5.74, 6) is -0.737. The van der Waals surface area contributed by atoms with Gasteiger partial charge in [-0.1, -0.05) is 0 Å². The summed E-state index contributed by atoms with van der Waals surface area (Å²) in [4.78, 5) is 31.1. The molecule has 1 aliphatic rings. The number of pyridine rings is 1. The molecule has 0 bridgehead atoms. The van der Waals surface area contributed by atoms with Crippen LogP contribution in [-0.2, 0) is 9.59 Å². The number of rotatable bonds is 4. The first-order valence-corrected chi connectivity index (χ1v) is 7.52. The van der Waals surface area contributed by atoms with Crippen LogP contribution in [0, 0.1) is 17.2 Å². The molecule has 2 heterocycles. The van der Waals surface area contributed by atoms with Crippen molar-refractivity contribution >= 4 is 11.8 Å².